The molecule has 10 heavy (non-hydrogen) atoms. The maximum atomic E-state index is 4.11. The van der Waals surface area contributed by atoms with E-state index in [1.165, 1.54) is 24.8 Å². The zero-order valence-corrected chi connectivity index (χ0v) is 6.56. The second-order valence-corrected chi connectivity index (χ2v) is 4.38. The molecule has 0 aromatic rings. The van der Waals surface area contributed by atoms with Gasteiger partial charge in [0.25, 0.3) is 0 Å². The molecule has 3 aliphatic carbocycles. The number of fused-ring (bicyclic) bond motifs is 2. The van der Waals surface area contributed by atoms with E-state index in [1.54, 1.807) is 0 Å². The number of rotatable bonds is 1. The van der Waals surface area contributed by atoms with Gasteiger partial charge in [-0.2, -0.15) is 0 Å². The van der Waals surface area contributed by atoms with Crippen LogP contribution in [0.5, 0.6) is 0 Å². The van der Waals surface area contributed by atoms with Gasteiger partial charge >= 0.3 is 0 Å². The van der Waals surface area contributed by atoms with Crippen LogP contribution >= 0.6 is 0 Å². The summed E-state index contributed by atoms with van der Waals surface area (Å²) < 4.78 is 0. The van der Waals surface area contributed by atoms with Gasteiger partial charge in [-0.15, -0.1) is 0 Å². The molecule has 2 atom stereocenters. The van der Waals surface area contributed by atoms with Crippen molar-refractivity contribution in [2.45, 2.75) is 26.2 Å². The van der Waals surface area contributed by atoms with Gasteiger partial charge in [-0.05, 0) is 37.5 Å². The summed E-state index contributed by atoms with van der Waals surface area (Å²) in [5.41, 5.74) is 2.23. The summed E-state index contributed by atoms with van der Waals surface area (Å²) in [5, 5.41) is 0. The summed E-state index contributed by atoms with van der Waals surface area (Å²) in [5.74, 6) is 3.33. The minimum atomic E-state index is 0.734. The lowest BCUT2D eigenvalue weighted by Gasteiger charge is -2.24. The second kappa shape index (κ2) is 1.22. The molecule has 0 amide bonds. The summed E-state index contributed by atoms with van der Waals surface area (Å²) in [7, 11) is 0. The molecule has 54 valence electrons. The highest BCUT2D eigenvalue weighted by Crippen LogP contribution is 2.91. The molecule has 0 heterocycles. The van der Waals surface area contributed by atoms with Crippen molar-refractivity contribution in [2.24, 2.45) is 23.2 Å². The van der Waals surface area contributed by atoms with Gasteiger partial charge in [-0.3, -0.25) is 0 Å². The fraction of sp³-hybridized carbons (Fsp3) is 0.800. The van der Waals surface area contributed by atoms with Crippen molar-refractivity contribution in [3.63, 3.8) is 0 Å². The van der Waals surface area contributed by atoms with Gasteiger partial charge in [0.05, 0.1) is 0 Å². The minimum Gasteiger partial charge on any atom is -0.0995 e. The van der Waals surface area contributed by atoms with E-state index < -0.39 is 0 Å². The Balaban J connectivity index is 1.94. The van der Waals surface area contributed by atoms with E-state index in [2.05, 4.69) is 13.5 Å². The predicted octanol–water partition coefficient (Wildman–Crippen LogP) is 2.61. The number of hydrogen-bond acceptors (Lipinski definition) is 0. The summed E-state index contributed by atoms with van der Waals surface area (Å²) in [6.45, 7) is 6.35. The summed E-state index contributed by atoms with van der Waals surface area (Å²) >= 11 is 0. The predicted molar refractivity (Wildman–Crippen MR) is 41.6 cm³/mol. The van der Waals surface area contributed by atoms with Crippen LogP contribution < -0.4 is 0 Å². The SMILES string of the molecule is C=C(C)C12C3CCCC1C32. The van der Waals surface area contributed by atoms with Crippen LogP contribution in [0.2, 0.25) is 0 Å². The Morgan fingerprint density at radius 1 is 1.40 bits per heavy atom. The molecule has 0 aromatic heterocycles. The first-order valence-electron chi connectivity index (χ1n) is 4.45. The Bertz CT molecular complexity index is 193. The van der Waals surface area contributed by atoms with Gasteiger partial charge in [-0.1, -0.05) is 18.6 Å². The van der Waals surface area contributed by atoms with Crippen LogP contribution in [0.15, 0.2) is 12.2 Å². The van der Waals surface area contributed by atoms with Crippen molar-refractivity contribution >= 4 is 0 Å². The number of allylic oxidation sites excluding steroid dienone is 1. The van der Waals surface area contributed by atoms with Gasteiger partial charge in [0.2, 0.25) is 0 Å². The fourth-order valence-corrected chi connectivity index (χ4v) is 3.77. The van der Waals surface area contributed by atoms with E-state index in [4.69, 9.17) is 0 Å². The molecule has 0 aliphatic heterocycles. The highest BCUT2D eigenvalue weighted by Gasteiger charge is 2.86. The summed E-state index contributed by atoms with van der Waals surface area (Å²) in [6.07, 6.45) is 4.52. The van der Waals surface area contributed by atoms with Gasteiger partial charge in [0.1, 0.15) is 0 Å². The molecule has 3 saturated carbocycles. The van der Waals surface area contributed by atoms with Crippen molar-refractivity contribution < 1.29 is 0 Å². The van der Waals surface area contributed by atoms with Crippen LogP contribution in [0.25, 0.3) is 0 Å². The maximum absolute atomic E-state index is 4.11. The quantitative estimate of drug-likeness (QED) is 0.483. The fourth-order valence-electron chi connectivity index (χ4n) is 3.77. The summed E-state index contributed by atoms with van der Waals surface area (Å²) in [4.78, 5) is 0. The van der Waals surface area contributed by atoms with E-state index >= 15 is 0 Å². The molecule has 2 unspecified atom stereocenters. The smallest absolute Gasteiger partial charge is 0.000318 e. The standard InChI is InChI=1S/C10H14/c1-6(2)10-7-4-3-5-8(10)9(7)10/h7-9H,1,3-5H2,2H3. The maximum Gasteiger partial charge on any atom is 0.000318 e. The molecular weight excluding hydrogens is 120 g/mol. The third-order valence-electron chi connectivity index (χ3n) is 4.20. The van der Waals surface area contributed by atoms with Gasteiger partial charge in [0, 0.05) is 5.41 Å². The first-order chi connectivity index (χ1) is 4.79. The van der Waals surface area contributed by atoms with Gasteiger partial charge < -0.3 is 0 Å². The third kappa shape index (κ3) is 0.309. The van der Waals surface area contributed by atoms with Crippen molar-refractivity contribution in [3.8, 4) is 0 Å². The van der Waals surface area contributed by atoms with E-state index in [1.807, 2.05) is 0 Å². The van der Waals surface area contributed by atoms with Crippen molar-refractivity contribution in [2.75, 3.05) is 0 Å². The van der Waals surface area contributed by atoms with Gasteiger partial charge in [-0.25, -0.2) is 0 Å². The molecule has 0 N–H and O–H groups in total. The first-order valence-corrected chi connectivity index (χ1v) is 4.45. The zero-order valence-electron chi connectivity index (χ0n) is 6.56. The minimum absolute atomic E-state index is 0.734. The number of hydrogen-bond donors (Lipinski definition) is 0. The van der Waals surface area contributed by atoms with Crippen molar-refractivity contribution in [3.05, 3.63) is 12.2 Å². The Kier molecular flexibility index (Phi) is 0.657. The van der Waals surface area contributed by atoms with E-state index in [0.717, 1.165) is 23.2 Å². The Hall–Kier alpha value is -0.260. The molecule has 3 aliphatic rings. The highest BCUT2D eigenvalue weighted by atomic mass is 14.9. The van der Waals surface area contributed by atoms with Crippen LogP contribution in [0, 0.1) is 23.2 Å². The highest BCUT2D eigenvalue weighted by molar-refractivity contribution is 5.43. The van der Waals surface area contributed by atoms with Crippen LogP contribution in [-0.2, 0) is 0 Å². The average Bonchev–Trinajstić information content (AvgIpc) is 2.74. The van der Waals surface area contributed by atoms with Crippen LogP contribution in [0.1, 0.15) is 26.2 Å². The average molecular weight is 134 g/mol. The molecule has 3 fully saturated rings. The van der Waals surface area contributed by atoms with Crippen molar-refractivity contribution in [1.29, 1.82) is 0 Å². The Morgan fingerprint density at radius 2 is 2.00 bits per heavy atom. The topological polar surface area (TPSA) is 0 Å². The molecule has 0 bridgehead atoms. The normalized spacial score (nSPS) is 61.1. The molecule has 0 radical (unpaired) electrons. The lowest BCUT2D eigenvalue weighted by Crippen LogP contribution is -2.15. The van der Waals surface area contributed by atoms with Gasteiger partial charge in [0.15, 0.2) is 0 Å². The van der Waals surface area contributed by atoms with E-state index in [-0.39, 0.29) is 0 Å². The molecular formula is C10H14. The molecule has 0 nitrogen and oxygen atoms in total. The first kappa shape index (κ1) is 5.40. The van der Waals surface area contributed by atoms with Crippen LogP contribution in [0.3, 0.4) is 0 Å². The molecule has 0 heteroatoms. The van der Waals surface area contributed by atoms with E-state index in [9.17, 15) is 0 Å². The molecule has 0 saturated heterocycles. The monoisotopic (exact) mass is 134 g/mol. The molecule has 3 rings (SSSR count). The largest absolute Gasteiger partial charge is 0.0995 e. The Labute approximate surface area is 62.3 Å². The second-order valence-electron chi connectivity index (χ2n) is 4.38. The van der Waals surface area contributed by atoms with Crippen molar-refractivity contribution in [1.82, 2.24) is 0 Å². The van der Waals surface area contributed by atoms with Crippen LogP contribution in [-0.4, -0.2) is 0 Å². The zero-order chi connectivity index (χ0) is 6.93. The molecule has 0 spiro atoms. The lowest BCUT2D eigenvalue weighted by molar-refractivity contribution is 0.294. The van der Waals surface area contributed by atoms with E-state index in [0.29, 0.717) is 0 Å². The Morgan fingerprint density at radius 3 is 2.30 bits per heavy atom. The third-order valence-corrected chi connectivity index (χ3v) is 4.20. The summed E-state index contributed by atoms with van der Waals surface area (Å²) in [6, 6.07) is 0. The molecule has 0 aromatic carbocycles. The van der Waals surface area contributed by atoms with Crippen LogP contribution in [0.4, 0.5) is 0 Å². The lowest BCUT2D eigenvalue weighted by atomic mass is 9.80.